The number of aryl methyl sites for hydroxylation is 1. The van der Waals surface area contributed by atoms with Gasteiger partial charge >= 0.3 is 5.97 Å². The summed E-state index contributed by atoms with van der Waals surface area (Å²) in [4.78, 5) is 15.5. The van der Waals surface area contributed by atoms with Crippen molar-refractivity contribution in [3.63, 3.8) is 0 Å². The van der Waals surface area contributed by atoms with Gasteiger partial charge in [0.05, 0.1) is 6.04 Å². The van der Waals surface area contributed by atoms with Crippen LogP contribution in [0.25, 0.3) is 0 Å². The van der Waals surface area contributed by atoms with Crippen molar-refractivity contribution < 1.29 is 9.53 Å². The average molecular weight is 352 g/mol. The van der Waals surface area contributed by atoms with Gasteiger partial charge in [0.2, 0.25) is 0 Å². The van der Waals surface area contributed by atoms with Crippen LogP contribution < -0.4 is 5.73 Å². The Balaban J connectivity index is 1.55. The third kappa shape index (κ3) is 1.75. The Bertz CT molecular complexity index is 818. The molecule has 4 heteroatoms. The summed E-state index contributed by atoms with van der Waals surface area (Å²) in [6, 6.07) is 7.24. The molecular weight excluding hydrogens is 324 g/mol. The Labute approximate surface area is 155 Å². The number of likely N-dealkylation sites (tertiary alicyclic amines) is 1. The molecule has 7 rings (SSSR count). The zero-order valence-electron chi connectivity index (χ0n) is 15.6. The van der Waals surface area contributed by atoms with E-state index >= 15 is 0 Å². The molecule has 0 unspecified atom stereocenters. The van der Waals surface area contributed by atoms with Crippen molar-refractivity contribution in [3.05, 3.63) is 34.9 Å². The van der Waals surface area contributed by atoms with Crippen LogP contribution >= 0.6 is 0 Å². The number of nitrogens with two attached hydrogens (primary N) is 1. The van der Waals surface area contributed by atoms with Gasteiger partial charge in [0.15, 0.2) is 0 Å². The first-order valence-electron chi connectivity index (χ1n) is 10.3. The molecule has 3 heterocycles. The SMILES string of the molecule is Cc1ccc2c(c1)[C@]13CCN(CC4CC4)[C@H](C2)[C@]12CC[C@](N)(C3)C(=O)O2. The Morgan fingerprint density at radius 3 is 2.88 bits per heavy atom. The maximum absolute atomic E-state index is 12.8. The standard InChI is InChI=1S/C22H28N2O2/c1-14-2-5-16-11-18-22-7-6-21(23,19(25)26-22)13-20(22,17(16)10-14)8-9-24(18)12-15-3-4-15/h2,5,10,15,18H,3-4,6-9,11-13,23H2,1H3/t18-,20-,21+,22-/m1/s1. The minimum atomic E-state index is -0.788. The molecule has 0 amide bonds. The van der Waals surface area contributed by atoms with Crippen LogP contribution in [0.3, 0.4) is 0 Å². The molecule has 0 aromatic heterocycles. The van der Waals surface area contributed by atoms with Crippen molar-refractivity contribution in [1.29, 1.82) is 0 Å². The summed E-state index contributed by atoms with van der Waals surface area (Å²) >= 11 is 0. The van der Waals surface area contributed by atoms with E-state index in [1.165, 1.54) is 36.1 Å². The summed E-state index contributed by atoms with van der Waals surface area (Å²) in [5.41, 5.74) is 9.56. The lowest BCUT2D eigenvalue weighted by Crippen LogP contribution is -2.82. The lowest BCUT2D eigenvalue weighted by atomic mass is 9.45. The summed E-state index contributed by atoms with van der Waals surface area (Å²) in [6.45, 7) is 4.46. The number of rotatable bonds is 2. The van der Waals surface area contributed by atoms with E-state index in [0.29, 0.717) is 6.04 Å². The normalized spacial score (nSPS) is 43.6. The molecular formula is C22H28N2O2. The first-order valence-corrected chi connectivity index (χ1v) is 10.3. The Hall–Kier alpha value is -1.39. The molecule has 1 spiro atoms. The second-order valence-electron chi connectivity index (χ2n) is 9.76. The number of hydrogen-bond donors (Lipinski definition) is 1. The number of hydrogen-bond acceptors (Lipinski definition) is 4. The molecule has 4 bridgehead atoms. The van der Waals surface area contributed by atoms with Crippen molar-refractivity contribution in [1.82, 2.24) is 4.90 Å². The summed E-state index contributed by atoms with van der Waals surface area (Å²) in [6.07, 6.45) is 7.28. The zero-order chi connectivity index (χ0) is 17.7. The van der Waals surface area contributed by atoms with Gasteiger partial charge in [-0.25, -0.2) is 0 Å². The Morgan fingerprint density at radius 1 is 1.27 bits per heavy atom. The molecule has 3 aliphatic heterocycles. The summed E-state index contributed by atoms with van der Waals surface area (Å²) < 4.78 is 6.36. The predicted molar refractivity (Wildman–Crippen MR) is 98.9 cm³/mol. The second-order valence-corrected chi connectivity index (χ2v) is 9.76. The van der Waals surface area contributed by atoms with Gasteiger partial charge in [-0.05, 0) is 75.5 Å². The number of carbonyl (C=O) groups is 1. The first kappa shape index (κ1) is 15.6. The van der Waals surface area contributed by atoms with E-state index in [4.69, 9.17) is 10.5 Å². The van der Waals surface area contributed by atoms with Gasteiger partial charge in [-0.15, -0.1) is 0 Å². The summed E-state index contributed by atoms with van der Waals surface area (Å²) in [5, 5.41) is 0. The molecule has 4 atom stereocenters. The van der Waals surface area contributed by atoms with E-state index in [9.17, 15) is 4.79 Å². The lowest BCUT2D eigenvalue weighted by Gasteiger charge is -2.70. The summed E-state index contributed by atoms with van der Waals surface area (Å²) in [7, 11) is 0. The van der Waals surface area contributed by atoms with Crippen LogP contribution in [0.2, 0.25) is 0 Å². The van der Waals surface area contributed by atoms with Crippen LogP contribution in [0.15, 0.2) is 18.2 Å². The Kier molecular flexibility index (Phi) is 2.84. The van der Waals surface area contributed by atoms with Gasteiger partial charge < -0.3 is 10.5 Å². The largest absolute Gasteiger partial charge is 0.455 e. The van der Waals surface area contributed by atoms with Gasteiger partial charge in [0.25, 0.3) is 0 Å². The van der Waals surface area contributed by atoms with Gasteiger partial charge in [0.1, 0.15) is 11.1 Å². The van der Waals surface area contributed by atoms with Gasteiger partial charge in [-0.3, -0.25) is 9.69 Å². The minimum absolute atomic E-state index is 0.0851. The number of piperidine rings is 1. The van der Waals surface area contributed by atoms with Gasteiger partial charge in [-0.2, -0.15) is 0 Å². The van der Waals surface area contributed by atoms with Crippen LogP contribution in [-0.4, -0.2) is 41.1 Å². The fourth-order valence-electron chi connectivity index (χ4n) is 6.78. The van der Waals surface area contributed by atoms with Crippen molar-refractivity contribution in [2.75, 3.05) is 13.1 Å². The van der Waals surface area contributed by atoms with E-state index in [1.54, 1.807) is 0 Å². The van der Waals surface area contributed by atoms with E-state index < -0.39 is 5.54 Å². The number of esters is 1. The monoisotopic (exact) mass is 352 g/mol. The van der Waals surface area contributed by atoms with Crippen LogP contribution in [0.5, 0.6) is 0 Å². The molecule has 3 saturated heterocycles. The molecule has 1 aromatic carbocycles. The fourth-order valence-corrected chi connectivity index (χ4v) is 6.78. The van der Waals surface area contributed by atoms with Crippen molar-refractivity contribution in [2.45, 2.75) is 74.5 Å². The predicted octanol–water partition coefficient (Wildman–Crippen LogP) is 2.45. The molecule has 4 nitrogen and oxygen atoms in total. The number of carbonyl (C=O) groups excluding carboxylic acids is 1. The maximum Gasteiger partial charge on any atom is 0.326 e. The molecule has 1 aromatic rings. The van der Waals surface area contributed by atoms with Crippen LogP contribution in [-0.2, 0) is 21.4 Å². The fraction of sp³-hybridized carbons (Fsp3) is 0.682. The molecule has 0 radical (unpaired) electrons. The highest BCUT2D eigenvalue weighted by Gasteiger charge is 2.74. The minimum Gasteiger partial charge on any atom is -0.455 e. The van der Waals surface area contributed by atoms with Crippen LogP contribution in [0.1, 0.15) is 55.2 Å². The molecule has 6 aliphatic rings. The third-order valence-electron chi connectivity index (χ3n) is 8.24. The van der Waals surface area contributed by atoms with Gasteiger partial charge in [0, 0.05) is 12.0 Å². The highest BCUT2D eigenvalue weighted by atomic mass is 16.6. The highest BCUT2D eigenvalue weighted by Crippen LogP contribution is 2.64. The average Bonchev–Trinajstić information content (AvgIpc) is 3.42. The molecule has 3 aliphatic carbocycles. The van der Waals surface area contributed by atoms with Crippen molar-refractivity contribution >= 4 is 5.97 Å². The second kappa shape index (κ2) is 4.71. The Morgan fingerprint density at radius 2 is 2.12 bits per heavy atom. The number of benzene rings is 1. The summed E-state index contributed by atoms with van der Waals surface area (Å²) in [5.74, 6) is 0.712. The number of nitrogens with zero attached hydrogens (tertiary/aromatic N) is 1. The van der Waals surface area contributed by atoms with E-state index in [0.717, 1.165) is 44.6 Å². The highest BCUT2D eigenvalue weighted by molar-refractivity contribution is 5.84. The molecule has 138 valence electrons. The molecule has 26 heavy (non-hydrogen) atoms. The van der Waals surface area contributed by atoms with Crippen LogP contribution in [0, 0.1) is 12.8 Å². The van der Waals surface area contributed by atoms with E-state index in [-0.39, 0.29) is 17.0 Å². The molecule has 2 saturated carbocycles. The van der Waals surface area contributed by atoms with E-state index in [1.807, 2.05) is 0 Å². The number of fused-ring (bicyclic) bond motifs is 3. The van der Waals surface area contributed by atoms with Crippen LogP contribution in [0.4, 0.5) is 0 Å². The topological polar surface area (TPSA) is 55.6 Å². The number of ether oxygens (including phenoxy) is 1. The van der Waals surface area contributed by atoms with Gasteiger partial charge in [-0.1, -0.05) is 23.8 Å². The van der Waals surface area contributed by atoms with Crippen molar-refractivity contribution in [2.24, 2.45) is 11.7 Å². The molecule has 2 N–H and O–H groups in total. The zero-order valence-corrected chi connectivity index (χ0v) is 15.6. The maximum atomic E-state index is 12.8. The quantitative estimate of drug-likeness (QED) is 0.831. The smallest absolute Gasteiger partial charge is 0.326 e. The third-order valence-corrected chi connectivity index (χ3v) is 8.24. The lowest BCUT2D eigenvalue weighted by molar-refractivity contribution is -0.245. The first-order chi connectivity index (χ1) is 12.5. The van der Waals surface area contributed by atoms with Crippen molar-refractivity contribution in [3.8, 4) is 0 Å². The van der Waals surface area contributed by atoms with E-state index in [2.05, 4.69) is 30.0 Å². The molecule has 5 fully saturated rings.